The minimum Gasteiger partial charge on any atom is -0.312 e. The molecule has 0 spiro atoms. The highest BCUT2D eigenvalue weighted by atomic mass is 32.1. The van der Waals surface area contributed by atoms with Crippen LogP contribution in [0.2, 0.25) is 0 Å². The molecule has 1 fully saturated rings. The summed E-state index contributed by atoms with van der Waals surface area (Å²) < 4.78 is 0. The lowest BCUT2D eigenvalue weighted by Gasteiger charge is -2.12. The van der Waals surface area contributed by atoms with E-state index in [1.54, 1.807) is 0 Å². The Labute approximate surface area is 103 Å². The molecule has 0 aromatic carbocycles. The summed E-state index contributed by atoms with van der Waals surface area (Å²) in [7, 11) is 0. The molecule has 1 saturated heterocycles. The van der Waals surface area contributed by atoms with Crippen molar-refractivity contribution in [2.24, 2.45) is 0 Å². The fourth-order valence-corrected chi connectivity index (χ4v) is 3.18. The Bertz CT molecular complexity index is 303. The molecule has 2 nitrogen and oxygen atoms in total. The molecule has 1 aliphatic heterocycles. The third-order valence-electron chi connectivity index (χ3n) is 3.02. The Morgan fingerprint density at radius 2 is 2.00 bits per heavy atom. The maximum absolute atomic E-state index is 3.46. The number of nitrogens with zero attached hydrogens (tertiary/aromatic N) is 1. The second kappa shape index (κ2) is 6.38. The number of nitrogens with one attached hydrogen (secondary N) is 1. The SMILES string of the molecule is CCCNCc1ccc(CN2CCCC2)s1. The maximum Gasteiger partial charge on any atom is 0.0328 e. The predicted octanol–water partition coefficient (Wildman–Crippen LogP) is 2.84. The van der Waals surface area contributed by atoms with E-state index in [0.29, 0.717) is 0 Å². The molecular formula is C13H22N2S. The summed E-state index contributed by atoms with van der Waals surface area (Å²) >= 11 is 1.97. The van der Waals surface area contributed by atoms with E-state index < -0.39 is 0 Å². The molecule has 0 saturated carbocycles. The molecule has 0 amide bonds. The molecule has 1 aromatic heterocycles. The molecule has 3 heteroatoms. The molecule has 1 aliphatic rings. The van der Waals surface area contributed by atoms with Crippen molar-refractivity contribution >= 4 is 11.3 Å². The van der Waals surface area contributed by atoms with E-state index in [1.807, 2.05) is 11.3 Å². The molecule has 0 atom stereocenters. The Balaban J connectivity index is 1.77. The van der Waals surface area contributed by atoms with Gasteiger partial charge in [0.05, 0.1) is 0 Å². The van der Waals surface area contributed by atoms with E-state index >= 15 is 0 Å². The lowest BCUT2D eigenvalue weighted by atomic mass is 10.4. The quantitative estimate of drug-likeness (QED) is 0.767. The van der Waals surface area contributed by atoms with Gasteiger partial charge in [0.2, 0.25) is 0 Å². The zero-order chi connectivity index (χ0) is 11.2. The molecule has 1 aromatic rings. The number of thiophene rings is 1. The second-order valence-electron chi connectivity index (χ2n) is 4.53. The van der Waals surface area contributed by atoms with Gasteiger partial charge in [-0.25, -0.2) is 0 Å². The van der Waals surface area contributed by atoms with E-state index in [1.165, 1.54) is 48.7 Å². The van der Waals surface area contributed by atoms with Crippen LogP contribution in [-0.2, 0) is 13.1 Å². The molecule has 2 heterocycles. The highest BCUT2D eigenvalue weighted by Crippen LogP contribution is 2.20. The Kier molecular flexibility index (Phi) is 4.82. The summed E-state index contributed by atoms with van der Waals surface area (Å²) in [5.41, 5.74) is 0. The van der Waals surface area contributed by atoms with Crippen molar-refractivity contribution in [1.82, 2.24) is 10.2 Å². The number of hydrogen-bond donors (Lipinski definition) is 1. The highest BCUT2D eigenvalue weighted by molar-refractivity contribution is 7.11. The van der Waals surface area contributed by atoms with Gasteiger partial charge in [0.15, 0.2) is 0 Å². The van der Waals surface area contributed by atoms with Gasteiger partial charge in [-0.2, -0.15) is 0 Å². The van der Waals surface area contributed by atoms with Gasteiger partial charge in [-0.15, -0.1) is 11.3 Å². The van der Waals surface area contributed by atoms with Gasteiger partial charge >= 0.3 is 0 Å². The van der Waals surface area contributed by atoms with Crippen LogP contribution in [0.5, 0.6) is 0 Å². The standard InChI is InChI=1S/C13H22N2S/c1-2-7-14-10-12-5-6-13(16-12)11-15-8-3-4-9-15/h5-6,14H,2-4,7-11H2,1H3. The van der Waals surface area contributed by atoms with Gasteiger partial charge in [-0.1, -0.05) is 6.92 Å². The molecule has 2 rings (SSSR count). The second-order valence-corrected chi connectivity index (χ2v) is 5.78. The third kappa shape index (κ3) is 3.58. The zero-order valence-corrected chi connectivity index (χ0v) is 11.0. The largest absolute Gasteiger partial charge is 0.312 e. The first-order valence-corrected chi connectivity index (χ1v) is 7.21. The lowest BCUT2D eigenvalue weighted by Crippen LogP contribution is -2.17. The molecule has 0 unspecified atom stereocenters. The van der Waals surface area contributed by atoms with Crippen molar-refractivity contribution in [1.29, 1.82) is 0 Å². The first-order chi connectivity index (χ1) is 7.88. The van der Waals surface area contributed by atoms with Crippen molar-refractivity contribution in [3.05, 3.63) is 21.9 Å². The smallest absolute Gasteiger partial charge is 0.0328 e. The fraction of sp³-hybridized carbons (Fsp3) is 0.692. The van der Waals surface area contributed by atoms with Crippen LogP contribution in [-0.4, -0.2) is 24.5 Å². The molecule has 0 bridgehead atoms. The molecule has 0 aliphatic carbocycles. The molecular weight excluding hydrogens is 216 g/mol. The van der Waals surface area contributed by atoms with Crippen LogP contribution in [0.25, 0.3) is 0 Å². The average molecular weight is 238 g/mol. The maximum atomic E-state index is 3.46. The topological polar surface area (TPSA) is 15.3 Å². The van der Waals surface area contributed by atoms with Crippen LogP contribution in [0.15, 0.2) is 12.1 Å². The van der Waals surface area contributed by atoms with Gasteiger partial charge in [-0.3, -0.25) is 4.90 Å². The van der Waals surface area contributed by atoms with Gasteiger partial charge in [-0.05, 0) is 51.0 Å². The Morgan fingerprint density at radius 1 is 1.25 bits per heavy atom. The van der Waals surface area contributed by atoms with Crippen LogP contribution < -0.4 is 5.32 Å². The first-order valence-electron chi connectivity index (χ1n) is 6.39. The predicted molar refractivity (Wildman–Crippen MR) is 70.8 cm³/mol. The number of rotatable bonds is 6. The van der Waals surface area contributed by atoms with E-state index in [0.717, 1.165) is 13.1 Å². The summed E-state index contributed by atoms with van der Waals surface area (Å²) in [6, 6.07) is 4.57. The molecule has 16 heavy (non-hydrogen) atoms. The Hall–Kier alpha value is -0.380. The third-order valence-corrected chi connectivity index (χ3v) is 4.09. The van der Waals surface area contributed by atoms with Crippen LogP contribution >= 0.6 is 11.3 Å². The van der Waals surface area contributed by atoms with Gasteiger partial charge in [0.25, 0.3) is 0 Å². The first kappa shape index (κ1) is 12.1. The summed E-state index contributed by atoms with van der Waals surface area (Å²) in [5.74, 6) is 0. The summed E-state index contributed by atoms with van der Waals surface area (Å²) in [6.45, 7) is 8.12. The highest BCUT2D eigenvalue weighted by Gasteiger charge is 2.12. The monoisotopic (exact) mass is 238 g/mol. The normalized spacial score (nSPS) is 17.1. The van der Waals surface area contributed by atoms with E-state index in [-0.39, 0.29) is 0 Å². The van der Waals surface area contributed by atoms with Gasteiger partial charge in [0, 0.05) is 22.8 Å². The zero-order valence-electron chi connectivity index (χ0n) is 10.2. The van der Waals surface area contributed by atoms with Crippen LogP contribution in [0.1, 0.15) is 35.9 Å². The van der Waals surface area contributed by atoms with Crippen molar-refractivity contribution in [3.63, 3.8) is 0 Å². The summed E-state index contributed by atoms with van der Waals surface area (Å²) in [5, 5.41) is 3.46. The Morgan fingerprint density at radius 3 is 2.75 bits per heavy atom. The average Bonchev–Trinajstić information content (AvgIpc) is 2.91. The number of hydrogen-bond acceptors (Lipinski definition) is 3. The van der Waals surface area contributed by atoms with Crippen LogP contribution in [0, 0.1) is 0 Å². The van der Waals surface area contributed by atoms with Crippen molar-refractivity contribution in [3.8, 4) is 0 Å². The van der Waals surface area contributed by atoms with Crippen LogP contribution in [0.3, 0.4) is 0 Å². The van der Waals surface area contributed by atoms with Crippen molar-refractivity contribution < 1.29 is 0 Å². The van der Waals surface area contributed by atoms with Gasteiger partial charge in [0.1, 0.15) is 0 Å². The lowest BCUT2D eigenvalue weighted by molar-refractivity contribution is 0.334. The van der Waals surface area contributed by atoms with E-state index in [2.05, 4.69) is 29.3 Å². The van der Waals surface area contributed by atoms with Gasteiger partial charge < -0.3 is 5.32 Å². The summed E-state index contributed by atoms with van der Waals surface area (Å²) in [4.78, 5) is 5.56. The number of likely N-dealkylation sites (tertiary alicyclic amines) is 1. The molecule has 90 valence electrons. The minimum absolute atomic E-state index is 1.04. The fourth-order valence-electron chi connectivity index (χ4n) is 2.15. The van der Waals surface area contributed by atoms with E-state index in [9.17, 15) is 0 Å². The van der Waals surface area contributed by atoms with E-state index in [4.69, 9.17) is 0 Å². The summed E-state index contributed by atoms with van der Waals surface area (Å²) in [6.07, 6.45) is 3.98. The van der Waals surface area contributed by atoms with Crippen molar-refractivity contribution in [2.75, 3.05) is 19.6 Å². The van der Waals surface area contributed by atoms with Crippen molar-refractivity contribution in [2.45, 2.75) is 39.3 Å². The molecule has 1 N–H and O–H groups in total. The van der Waals surface area contributed by atoms with Crippen LogP contribution in [0.4, 0.5) is 0 Å². The molecule has 0 radical (unpaired) electrons. The minimum atomic E-state index is 1.04.